The van der Waals surface area contributed by atoms with Crippen molar-refractivity contribution < 1.29 is 10.0 Å². The summed E-state index contributed by atoms with van der Waals surface area (Å²) in [5.74, 6) is 0.117. The Morgan fingerprint density at radius 2 is 1.89 bits per heavy atom. The van der Waals surface area contributed by atoms with E-state index in [0.29, 0.717) is 0 Å². The summed E-state index contributed by atoms with van der Waals surface area (Å²) in [5, 5.41) is 17.8. The molecule has 5 N–H and O–H groups in total. The fourth-order valence-corrected chi connectivity index (χ4v) is 2.69. The maximum Gasteiger partial charge on any atom is 0.315 e. The first-order valence-corrected chi connectivity index (χ1v) is 6.73. The number of nitrogens with two attached hydrogens (primary N) is 1. The molecule has 0 unspecified atom stereocenters. The van der Waals surface area contributed by atoms with Gasteiger partial charge >= 0.3 is 6.03 Å². The van der Waals surface area contributed by atoms with Crippen LogP contribution in [0.3, 0.4) is 0 Å². The van der Waals surface area contributed by atoms with Crippen LogP contribution < -0.4 is 16.4 Å². The smallest absolute Gasteiger partial charge is 0.315 e. The monoisotopic (exact) mass is 254 g/mol. The van der Waals surface area contributed by atoms with Crippen molar-refractivity contribution in [3.63, 3.8) is 0 Å². The van der Waals surface area contributed by atoms with Gasteiger partial charge in [-0.3, -0.25) is 0 Å². The highest BCUT2D eigenvalue weighted by Gasteiger charge is 2.38. The van der Waals surface area contributed by atoms with E-state index in [-0.39, 0.29) is 17.9 Å². The van der Waals surface area contributed by atoms with Crippen molar-refractivity contribution in [1.82, 2.24) is 10.6 Å². The highest BCUT2D eigenvalue weighted by molar-refractivity contribution is 5.93. The SMILES string of the molecule is NC(=NO)C1(NC(=O)NC2CCC2)CCCCC1. The number of rotatable bonds is 3. The predicted molar refractivity (Wildman–Crippen MR) is 68.5 cm³/mol. The number of urea groups is 1. The Hall–Kier alpha value is -1.46. The number of amides is 2. The molecule has 2 saturated carbocycles. The zero-order chi connectivity index (χ0) is 13.0. The average Bonchev–Trinajstić information content (AvgIpc) is 2.34. The fourth-order valence-electron chi connectivity index (χ4n) is 2.69. The molecule has 2 fully saturated rings. The molecule has 2 rings (SSSR count). The van der Waals surface area contributed by atoms with Crippen LogP contribution in [0.2, 0.25) is 0 Å². The first kappa shape index (κ1) is 13.0. The molecule has 0 aromatic carbocycles. The Morgan fingerprint density at radius 3 is 2.39 bits per heavy atom. The molecule has 0 heterocycles. The minimum atomic E-state index is -0.666. The van der Waals surface area contributed by atoms with E-state index in [2.05, 4.69) is 15.8 Å². The summed E-state index contributed by atoms with van der Waals surface area (Å²) < 4.78 is 0. The van der Waals surface area contributed by atoms with Crippen LogP contribution in [0.25, 0.3) is 0 Å². The van der Waals surface area contributed by atoms with Crippen molar-refractivity contribution in [3.8, 4) is 0 Å². The summed E-state index contributed by atoms with van der Waals surface area (Å²) in [6, 6.07) is 0.0890. The second-order valence-corrected chi connectivity index (χ2v) is 5.35. The van der Waals surface area contributed by atoms with Crippen LogP contribution in [0.1, 0.15) is 51.4 Å². The minimum Gasteiger partial charge on any atom is -0.409 e. The van der Waals surface area contributed by atoms with Gasteiger partial charge in [0.2, 0.25) is 0 Å². The Kier molecular flexibility index (Phi) is 3.93. The molecule has 2 aliphatic carbocycles. The summed E-state index contributed by atoms with van der Waals surface area (Å²) in [5.41, 5.74) is 5.10. The van der Waals surface area contributed by atoms with Gasteiger partial charge in [-0.05, 0) is 32.1 Å². The summed E-state index contributed by atoms with van der Waals surface area (Å²) >= 11 is 0. The van der Waals surface area contributed by atoms with Crippen LogP contribution in [-0.4, -0.2) is 28.7 Å². The first-order valence-electron chi connectivity index (χ1n) is 6.73. The maximum atomic E-state index is 11.9. The van der Waals surface area contributed by atoms with Crippen LogP contribution in [0.5, 0.6) is 0 Å². The topological polar surface area (TPSA) is 99.7 Å². The third-order valence-electron chi connectivity index (χ3n) is 4.10. The number of nitrogens with zero attached hydrogens (tertiary/aromatic N) is 1. The number of nitrogens with one attached hydrogen (secondary N) is 2. The highest BCUT2D eigenvalue weighted by atomic mass is 16.4. The minimum absolute atomic E-state index is 0.117. The van der Waals surface area contributed by atoms with Gasteiger partial charge in [-0.1, -0.05) is 24.4 Å². The van der Waals surface area contributed by atoms with Crippen LogP contribution >= 0.6 is 0 Å². The molecule has 6 nitrogen and oxygen atoms in total. The number of carbonyl (C=O) groups is 1. The zero-order valence-corrected chi connectivity index (χ0v) is 10.6. The fraction of sp³-hybridized carbons (Fsp3) is 0.833. The molecule has 0 atom stereocenters. The van der Waals surface area contributed by atoms with Gasteiger partial charge in [0.25, 0.3) is 0 Å². The molecular weight excluding hydrogens is 232 g/mol. The van der Waals surface area contributed by atoms with Gasteiger partial charge in [0.15, 0.2) is 5.84 Å². The van der Waals surface area contributed by atoms with Crippen molar-refractivity contribution in [2.75, 3.05) is 0 Å². The number of carbonyl (C=O) groups excluding carboxylic acids is 1. The highest BCUT2D eigenvalue weighted by Crippen LogP contribution is 2.28. The summed E-state index contributed by atoms with van der Waals surface area (Å²) in [7, 11) is 0. The Labute approximate surface area is 107 Å². The molecule has 0 radical (unpaired) electrons. The van der Waals surface area contributed by atoms with Crippen LogP contribution in [-0.2, 0) is 0 Å². The summed E-state index contributed by atoms with van der Waals surface area (Å²) in [6.45, 7) is 0. The molecule has 0 aromatic rings. The van der Waals surface area contributed by atoms with E-state index < -0.39 is 5.54 Å². The lowest BCUT2D eigenvalue weighted by atomic mass is 9.81. The molecule has 0 aromatic heterocycles. The van der Waals surface area contributed by atoms with Gasteiger partial charge in [0, 0.05) is 6.04 Å². The standard InChI is InChI=1S/C12H22N4O2/c13-10(16-18)12(7-2-1-3-8-12)15-11(17)14-9-5-4-6-9/h9,18H,1-8H2,(H2,13,16)(H2,14,15,17). The summed E-state index contributed by atoms with van der Waals surface area (Å²) in [6.07, 6.45) is 7.85. The van der Waals surface area contributed by atoms with Gasteiger partial charge < -0.3 is 21.6 Å². The molecule has 0 bridgehead atoms. The van der Waals surface area contributed by atoms with E-state index in [9.17, 15) is 4.79 Å². The molecule has 0 spiro atoms. The molecular formula is C12H22N4O2. The molecule has 2 aliphatic rings. The molecule has 0 saturated heterocycles. The number of hydrogen-bond acceptors (Lipinski definition) is 3. The lowest BCUT2D eigenvalue weighted by Crippen LogP contribution is -2.61. The van der Waals surface area contributed by atoms with E-state index >= 15 is 0 Å². The zero-order valence-electron chi connectivity index (χ0n) is 10.6. The van der Waals surface area contributed by atoms with E-state index in [1.165, 1.54) is 6.42 Å². The quantitative estimate of drug-likeness (QED) is 0.264. The van der Waals surface area contributed by atoms with Gasteiger partial charge in [-0.15, -0.1) is 0 Å². The van der Waals surface area contributed by atoms with Crippen molar-refractivity contribution in [3.05, 3.63) is 0 Å². The Balaban J connectivity index is 1.97. The molecule has 0 aliphatic heterocycles. The second kappa shape index (κ2) is 5.46. The second-order valence-electron chi connectivity index (χ2n) is 5.35. The summed E-state index contributed by atoms with van der Waals surface area (Å²) in [4.78, 5) is 11.9. The third kappa shape index (κ3) is 2.68. The Bertz CT molecular complexity index is 333. The largest absolute Gasteiger partial charge is 0.409 e. The number of amidine groups is 1. The first-order chi connectivity index (χ1) is 8.66. The van der Waals surface area contributed by atoms with Crippen LogP contribution in [0, 0.1) is 0 Å². The van der Waals surface area contributed by atoms with Crippen molar-refractivity contribution in [2.24, 2.45) is 10.9 Å². The van der Waals surface area contributed by atoms with Gasteiger partial charge in [0.1, 0.15) is 5.54 Å². The molecule has 2 amide bonds. The predicted octanol–water partition coefficient (Wildman–Crippen LogP) is 1.29. The lowest BCUT2D eigenvalue weighted by molar-refractivity contribution is 0.211. The lowest BCUT2D eigenvalue weighted by Gasteiger charge is -2.37. The van der Waals surface area contributed by atoms with Gasteiger partial charge in [-0.25, -0.2) is 4.79 Å². The van der Waals surface area contributed by atoms with E-state index in [4.69, 9.17) is 10.9 Å². The van der Waals surface area contributed by atoms with Gasteiger partial charge in [0.05, 0.1) is 0 Å². The average molecular weight is 254 g/mol. The number of oxime groups is 1. The number of hydrogen-bond donors (Lipinski definition) is 4. The van der Waals surface area contributed by atoms with E-state index in [1.54, 1.807) is 0 Å². The van der Waals surface area contributed by atoms with E-state index in [0.717, 1.165) is 44.9 Å². The normalized spacial score (nSPS) is 24.1. The van der Waals surface area contributed by atoms with Crippen molar-refractivity contribution in [1.29, 1.82) is 0 Å². The maximum absolute atomic E-state index is 11.9. The van der Waals surface area contributed by atoms with Crippen LogP contribution in [0.15, 0.2) is 5.16 Å². The van der Waals surface area contributed by atoms with Gasteiger partial charge in [-0.2, -0.15) is 0 Å². The van der Waals surface area contributed by atoms with Crippen molar-refractivity contribution >= 4 is 11.9 Å². The van der Waals surface area contributed by atoms with E-state index in [1.807, 2.05) is 0 Å². The molecule has 18 heavy (non-hydrogen) atoms. The molecule has 102 valence electrons. The Morgan fingerprint density at radius 1 is 1.22 bits per heavy atom. The van der Waals surface area contributed by atoms with Crippen molar-refractivity contribution in [2.45, 2.75) is 62.9 Å². The van der Waals surface area contributed by atoms with Crippen LogP contribution in [0.4, 0.5) is 4.79 Å². The molecule has 6 heteroatoms. The third-order valence-corrected chi connectivity index (χ3v) is 4.10.